The molecular weight excluding hydrogens is 452 g/mol. The first kappa shape index (κ1) is 22.5. The maximum absolute atomic E-state index is 13.3. The number of benzene rings is 1. The topological polar surface area (TPSA) is 133 Å². The van der Waals surface area contributed by atoms with Crippen molar-refractivity contribution >= 4 is 44.0 Å². The van der Waals surface area contributed by atoms with Gasteiger partial charge in [-0.15, -0.1) is 11.3 Å². The smallest absolute Gasteiger partial charge is 0.328 e. The molecule has 0 atom stereocenters. The largest absolute Gasteiger partial charge is 0.454 e. The number of sulfone groups is 1. The maximum Gasteiger partial charge on any atom is 0.328 e. The maximum atomic E-state index is 13.3. The first-order valence-corrected chi connectivity index (χ1v) is 12.8. The molecule has 2 amide bonds. The average molecular weight is 477 g/mol. The van der Waals surface area contributed by atoms with Crippen LogP contribution in [-0.4, -0.2) is 37.6 Å². The Labute approximate surface area is 190 Å². The number of primary amides is 1. The number of carbonyl (C=O) groups excluding carboxylic acids is 3. The number of carbonyl (C=O) groups is 3. The second-order valence-electron chi connectivity index (χ2n) is 8.07. The Hall–Kier alpha value is -2.72. The Kier molecular flexibility index (Phi) is 6.09. The second-order valence-corrected chi connectivity index (χ2v) is 11.4. The molecule has 2 aromatic rings. The number of anilines is 1. The van der Waals surface area contributed by atoms with Crippen LogP contribution in [0.2, 0.25) is 0 Å². The number of nitrogens with two attached hydrogens (primary N) is 1. The van der Waals surface area contributed by atoms with Crippen LogP contribution >= 0.6 is 11.3 Å². The van der Waals surface area contributed by atoms with Crippen LogP contribution in [0.25, 0.3) is 0 Å². The van der Waals surface area contributed by atoms with E-state index >= 15 is 0 Å². The molecular formula is C22H24N2O6S2. The quantitative estimate of drug-likeness (QED) is 0.590. The number of hydrogen-bond donors (Lipinski definition) is 2. The van der Waals surface area contributed by atoms with E-state index in [0.29, 0.717) is 23.4 Å². The molecule has 0 radical (unpaired) electrons. The molecule has 0 saturated heterocycles. The number of hydrogen-bond acceptors (Lipinski definition) is 7. The molecule has 10 heteroatoms. The zero-order chi connectivity index (χ0) is 22.9. The van der Waals surface area contributed by atoms with Gasteiger partial charge >= 0.3 is 5.97 Å². The van der Waals surface area contributed by atoms with Crippen molar-refractivity contribution in [1.82, 2.24) is 0 Å². The number of aryl methyl sites for hydroxylation is 1. The molecule has 8 nitrogen and oxygen atoms in total. The zero-order valence-electron chi connectivity index (χ0n) is 17.4. The van der Waals surface area contributed by atoms with Crippen molar-refractivity contribution in [3.63, 3.8) is 0 Å². The lowest BCUT2D eigenvalue weighted by Crippen LogP contribution is -2.46. The van der Waals surface area contributed by atoms with Gasteiger partial charge in [-0.3, -0.25) is 14.4 Å². The molecule has 0 unspecified atom stereocenters. The van der Waals surface area contributed by atoms with Crippen molar-refractivity contribution in [1.29, 1.82) is 0 Å². The molecule has 32 heavy (non-hydrogen) atoms. The predicted molar refractivity (Wildman–Crippen MR) is 119 cm³/mol. The summed E-state index contributed by atoms with van der Waals surface area (Å²) in [5.74, 6) is -2.18. The molecule has 0 spiro atoms. The summed E-state index contributed by atoms with van der Waals surface area (Å²) in [5, 5.41) is 2.95. The van der Waals surface area contributed by atoms with E-state index < -0.39 is 39.0 Å². The van der Waals surface area contributed by atoms with E-state index in [4.69, 9.17) is 10.5 Å². The van der Waals surface area contributed by atoms with E-state index in [1.54, 1.807) is 18.2 Å². The summed E-state index contributed by atoms with van der Waals surface area (Å²) in [6.07, 6.45) is 3.94. The van der Waals surface area contributed by atoms with Crippen LogP contribution in [0.4, 0.5) is 5.00 Å². The van der Waals surface area contributed by atoms with Crippen molar-refractivity contribution in [2.75, 3.05) is 11.9 Å². The molecule has 2 aliphatic carbocycles. The molecule has 170 valence electrons. The van der Waals surface area contributed by atoms with Gasteiger partial charge in [-0.2, -0.15) is 0 Å². The Balaban J connectivity index is 1.48. The lowest BCUT2D eigenvalue weighted by molar-refractivity contribution is -0.149. The van der Waals surface area contributed by atoms with Crippen molar-refractivity contribution in [2.45, 2.75) is 54.6 Å². The highest BCUT2D eigenvalue weighted by molar-refractivity contribution is 7.93. The standard InChI is InChI=1S/C22H24N2O6S2/c23-19(26)18-15-9-6-10-16(15)31-20(18)24-17(25)13-30-21(27)22(11-4-5-12-22)32(28,29)14-7-2-1-3-8-14/h1-3,7-8H,4-6,9-13H2,(H2,23,26)(H,24,25). The molecule has 1 fully saturated rings. The van der Waals surface area contributed by atoms with Gasteiger partial charge in [0.2, 0.25) is 0 Å². The van der Waals surface area contributed by atoms with E-state index in [0.717, 1.165) is 29.7 Å². The molecule has 4 rings (SSSR count). The van der Waals surface area contributed by atoms with Gasteiger partial charge in [-0.25, -0.2) is 8.42 Å². The third-order valence-corrected chi connectivity index (χ3v) is 9.81. The van der Waals surface area contributed by atoms with Crippen LogP contribution in [0.5, 0.6) is 0 Å². The van der Waals surface area contributed by atoms with Gasteiger partial charge in [0, 0.05) is 4.88 Å². The average Bonchev–Trinajstić information content (AvgIpc) is 3.49. The van der Waals surface area contributed by atoms with Crippen molar-refractivity contribution in [3.05, 3.63) is 46.3 Å². The zero-order valence-corrected chi connectivity index (χ0v) is 19.0. The van der Waals surface area contributed by atoms with Crippen LogP contribution in [0.3, 0.4) is 0 Å². The molecule has 0 aliphatic heterocycles. The number of ether oxygens (including phenoxy) is 1. The first-order chi connectivity index (χ1) is 15.3. The molecule has 1 saturated carbocycles. The highest BCUT2D eigenvalue weighted by Gasteiger charge is 2.54. The fourth-order valence-corrected chi connectivity index (χ4v) is 7.91. The highest BCUT2D eigenvalue weighted by atomic mass is 32.2. The van der Waals surface area contributed by atoms with Crippen molar-refractivity contribution in [3.8, 4) is 0 Å². The Morgan fingerprint density at radius 3 is 2.41 bits per heavy atom. The monoisotopic (exact) mass is 476 g/mol. The number of fused-ring (bicyclic) bond motifs is 1. The fraction of sp³-hybridized carbons (Fsp3) is 0.409. The third-order valence-electron chi connectivity index (χ3n) is 6.11. The van der Waals surface area contributed by atoms with Crippen LogP contribution in [-0.2, 0) is 37.0 Å². The number of thiophene rings is 1. The Bertz CT molecular complexity index is 1160. The molecule has 0 bridgehead atoms. The minimum Gasteiger partial charge on any atom is -0.454 e. The lowest BCUT2D eigenvalue weighted by atomic mass is 10.1. The van der Waals surface area contributed by atoms with Gasteiger partial charge in [0.25, 0.3) is 11.8 Å². The summed E-state index contributed by atoms with van der Waals surface area (Å²) in [6.45, 7) is -0.647. The van der Waals surface area contributed by atoms with E-state index in [2.05, 4.69) is 5.32 Å². The summed E-state index contributed by atoms with van der Waals surface area (Å²) in [6, 6.07) is 7.81. The first-order valence-electron chi connectivity index (χ1n) is 10.5. The van der Waals surface area contributed by atoms with Gasteiger partial charge in [0.1, 0.15) is 5.00 Å². The van der Waals surface area contributed by atoms with Crippen LogP contribution < -0.4 is 11.1 Å². The molecule has 1 aromatic heterocycles. The van der Waals surface area contributed by atoms with E-state index in [1.165, 1.54) is 23.5 Å². The number of nitrogens with one attached hydrogen (secondary N) is 1. The SMILES string of the molecule is NC(=O)c1c(NC(=O)COC(=O)C2(S(=O)(=O)c3ccccc3)CCCC2)sc2c1CCC2. The fourth-order valence-electron chi connectivity index (χ4n) is 4.53. The van der Waals surface area contributed by atoms with E-state index in [9.17, 15) is 22.8 Å². The van der Waals surface area contributed by atoms with Gasteiger partial charge in [-0.1, -0.05) is 31.0 Å². The minimum atomic E-state index is -3.99. The Morgan fingerprint density at radius 1 is 1.06 bits per heavy atom. The van der Waals surface area contributed by atoms with Crippen molar-refractivity contribution < 1.29 is 27.5 Å². The summed E-state index contributed by atoms with van der Waals surface area (Å²) in [5.41, 5.74) is 6.67. The Morgan fingerprint density at radius 2 is 1.75 bits per heavy atom. The van der Waals surface area contributed by atoms with Crippen molar-refractivity contribution in [2.24, 2.45) is 5.73 Å². The van der Waals surface area contributed by atoms with Crippen LogP contribution in [0.15, 0.2) is 35.2 Å². The van der Waals surface area contributed by atoms with E-state index in [1.807, 2.05) is 0 Å². The van der Waals surface area contributed by atoms with Gasteiger partial charge in [0.15, 0.2) is 21.2 Å². The summed E-state index contributed by atoms with van der Waals surface area (Å²) in [7, 11) is -3.99. The normalized spacial score (nSPS) is 17.0. The number of esters is 1. The second kappa shape index (κ2) is 8.67. The molecule has 2 aliphatic rings. The predicted octanol–water partition coefficient (Wildman–Crippen LogP) is 2.60. The number of amides is 2. The lowest BCUT2D eigenvalue weighted by Gasteiger charge is -2.26. The highest BCUT2D eigenvalue weighted by Crippen LogP contribution is 2.42. The molecule has 1 heterocycles. The molecule has 3 N–H and O–H groups in total. The summed E-state index contributed by atoms with van der Waals surface area (Å²) in [4.78, 5) is 38.4. The molecule has 1 aromatic carbocycles. The number of rotatable bonds is 7. The minimum absolute atomic E-state index is 0.0579. The summed E-state index contributed by atoms with van der Waals surface area (Å²) < 4.78 is 30.1. The summed E-state index contributed by atoms with van der Waals surface area (Å²) >= 11 is 1.30. The van der Waals surface area contributed by atoms with Gasteiger partial charge in [-0.05, 0) is 49.8 Å². The van der Waals surface area contributed by atoms with Gasteiger partial charge in [0.05, 0.1) is 10.5 Å². The van der Waals surface area contributed by atoms with E-state index in [-0.39, 0.29) is 17.7 Å². The third kappa shape index (κ3) is 3.81. The van der Waals surface area contributed by atoms with Gasteiger partial charge < -0.3 is 15.8 Å². The van der Waals surface area contributed by atoms with Crippen LogP contribution in [0.1, 0.15) is 52.9 Å². The van der Waals surface area contributed by atoms with Crippen LogP contribution in [0, 0.1) is 0 Å².